The topological polar surface area (TPSA) is 37.8 Å². The van der Waals surface area contributed by atoms with Crippen molar-refractivity contribution >= 4 is 39.3 Å². The van der Waals surface area contributed by atoms with E-state index in [0.717, 1.165) is 21.6 Å². The maximum Gasteiger partial charge on any atom is 0.224 e. The lowest BCUT2D eigenvalue weighted by Crippen LogP contribution is -1.97. The average Bonchev–Trinajstić information content (AvgIpc) is 2.74. The Hall–Kier alpha value is -0.810. The van der Waals surface area contributed by atoms with Crippen molar-refractivity contribution in [3.05, 3.63) is 10.9 Å². The summed E-state index contributed by atoms with van der Waals surface area (Å²) >= 11 is 3.58. The fraction of sp³-hybridized carbons (Fsp3) is 0.538. The Kier molecular flexibility index (Phi) is 4.83. The van der Waals surface area contributed by atoms with Gasteiger partial charge < -0.3 is 5.32 Å². The molecule has 5 heteroatoms. The van der Waals surface area contributed by atoms with Crippen LogP contribution in [0.15, 0.2) is 11.1 Å². The molecule has 0 atom stereocenters. The summed E-state index contributed by atoms with van der Waals surface area (Å²) < 4.78 is 0. The van der Waals surface area contributed by atoms with Crippen LogP contribution in [0.5, 0.6) is 0 Å². The lowest BCUT2D eigenvalue weighted by atomic mass is 10.3. The Morgan fingerprint density at radius 3 is 2.89 bits per heavy atom. The van der Waals surface area contributed by atoms with Crippen LogP contribution in [0.4, 0.5) is 5.95 Å². The van der Waals surface area contributed by atoms with Crippen LogP contribution >= 0.6 is 23.1 Å². The van der Waals surface area contributed by atoms with Gasteiger partial charge in [-0.05, 0) is 25.2 Å². The summed E-state index contributed by atoms with van der Waals surface area (Å²) in [7, 11) is 1.87. The first-order chi connectivity index (χ1) is 8.74. The number of nitrogens with zero attached hydrogens (tertiary/aromatic N) is 2. The number of aromatic nitrogens is 2. The van der Waals surface area contributed by atoms with E-state index in [2.05, 4.69) is 35.2 Å². The second-order valence-electron chi connectivity index (χ2n) is 4.23. The number of hydrogen-bond donors (Lipinski definition) is 1. The van der Waals surface area contributed by atoms with Crippen molar-refractivity contribution in [2.75, 3.05) is 18.1 Å². The molecule has 0 aliphatic heterocycles. The van der Waals surface area contributed by atoms with Gasteiger partial charge in [0, 0.05) is 17.3 Å². The first kappa shape index (κ1) is 13.6. The summed E-state index contributed by atoms with van der Waals surface area (Å²) in [6.45, 7) is 4.35. The van der Waals surface area contributed by atoms with E-state index in [1.807, 2.05) is 18.8 Å². The maximum atomic E-state index is 4.58. The molecule has 0 aliphatic carbocycles. The number of rotatable bonds is 6. The molecule has 18 heavy (non-hydrogen) atoms. The Morgan fingerprint density at radius 1 is 1.33 bits per heavy atom. The van der Waals surface area contributed by atoms with Gasteiger partial charge in [-0.15, -0.1) is 23.1 Å². The van der Waals surface area contributed by atoms with E-state index in [-0.39, 0.29) is 0 Å². The molecule has 0 bridgehead atoms. The molecular formula is C13H19N3S2. The smallest absolute Gasteiger partial charge is 0.224 e. The molecule has 0 amide bonds. The van der Waals surface area contributed by atoms with Crippen LogP contribution in [-0.2, 0) is 0 Å². The molecule has 0 aliphatic rings. The van der Waals surface area contributed by atoms with E-state index in [1.165, 1.54) is 29.5 Å². The van der Waals surface area contributed by atoms with E-state index in [1.54, 1.807) is 11.3 Å². The normalized spacial score (nSPS) is 11.1. The summed E-state index contributed by atoms with van der Waals surface area (Å²) in [5.41, 5.74) is 0. The highest BCUT2D eigenvalue weighted by molar-refractivity contribution is 7.99. The molecule has 1 N–H and O–H groups in total. The fourth-order valence-electron chi connectivity index (χ4n) is 1.76. The number of thiophene rings is 1. The summed E-state index contributed by atoms with van der Waals surface area (Å²) in [5, 5.41) is 5.36. The van der Waals surface area contributed by atoms with E-state index in [4.69, 9.17) is 0 Å². The minimum atomic E-state index is 0.724. The van der Waals surface area contributed by atoms with Gasteiger partial charge in [0.25, 0.3) is 0 Å². The molecular weight excluding hydrogens is 262 g/mol. The number of nitrogens with one attached hydrogen (secondary N) is 1. The van der Waals surface area contributed by atoms with Crippen molar-refractivity contribution in [1.29, 1.82) is 0 Å². The van der Waals surface area contributed by atoms with Gasteiger partial charge in [0.1, 0.15) is 9.86 Å². The second kappa shape index (κ2) is 6.38. The zero-order valence-corrected chi connectivity index (χ0v) is 12.7. The van der Waals surface area contributed by atoms with Crippen molar-refractivity contribution in [3.8, 4) is 0 Å². The van der Waals surface area contributed by atoms with Crippen LogP contribution < -0.4 is 5.32 Å². The van der Waals surface area contributed by atoms with Gasteiger partial charge in [-0.3, -0.25) is 0 Å². The molecule has 2 aromatic rings. The van der Waals surface area contributed by atoms with Crippen LogP contribution in [0.2, 0.25) is 0 Å². The lowest BCUT2D eigenvalue weighted by molar-refractivity contribution is 0.778. The molecule has 0 saturated heterocycles. The molecule has 2 aromatic heterocycles. The van der Waals surface area contributed by atoms with Gasteiger partial charge in [0.15, 0.2) is 0 Å². The Morgan fingerprint density at radius 2 is 2.17 bits per heavy atom. The Bertz CT molecular complexity index is 522. The number of unbranched alkanes of at least 4 members (excludes halogenated alkanes) is 2. The molecule has 0 unspecified atom stereocenters. The van der Waals surface area contributed by atoms with Gasteiger partial charge >= 0.3 is 0 Å². The van der Waals surface area contributed by atoms with Crippen LogP contribution in [0.1, 0.15) is 31.1 Å². The molecule has 0 spiro atoms. The van der Waals surface area contributed by atoms with Crippen molar-refractivity contribution in [1.82, 2.24) is 9.97 Å². The lowest BCUT2D eigenvalue weighted by Gasteiger charge is -2.04. The van der Waals surface area contributed by atoms with Crippen molar-refractivity contribution in [2.45, 2.75) is 38.1 Å². The number of fused-ring (bicyclic) bond motifs is 1. The van der Waals surface area contributed by atoms with Gasteiger partial charge in [-0.2, -0.15) is 0 Å². The Balaban J connectivity index is 2.23. The monoisotopic (exact) mass is 281 g/mol. The molecule has 0 saturated carbocycles. The van der Waals surface area contributed by atoms with Crippen molar-refractivity contribution in [2.24, 2.45) is 0 Å². The third-order valence-corrected chi connectivity index (χ3v) is 4.71. The van der Waals surface area contributed by atoms with Gasteiger partial charge in [0.05, 0.1) is 0 Å². The van der Waals surface area contributed by atoms with E-state index < -0.39 is 0 Å². The van der Waals surface area contributed by atoms with Crippen molar-refractivity contribution in [3.63, 3.8) is 0 Å². The van der Waals surface area contributed by atoms with E-state index >= 15 is 0 Å². The third-order valence-electron chi connectivity index (χ3n) is 2.69. The molecule has 0 fully saturated rings. The zero-order valence-electron chi connectivity index (χ0n) is 11.1. The molecule has 2 heterocycles. The van der Waals surface area contributed by atoms with Gasteiger partial charge in [-0.1, -0.05) is 19.8 Å². The first-order valence-corrected chi connectivity index (χ1v) is 8.13. The van der Waals surface area contributed by atoms with E-state index in [9.17, 15) is 0 Å². The highest BCUT2D eigenvalue weighted by Gasteiger charge is 2.10. The summed E-state index contributed by atoms with van der Waals surface area (Å²) in [4.78, 5) is 11.5. The van der Waals surface area contributed by atoms with Crippen molar-refractivity contribution < 1.29 is 0 Å². The maximum absolute atomic E-state index is 4.58. The number of anilines is 1. The molecule has 98 valence electrons. The highest BCUT2D eigenvalue weighted by atomic mass is 32.2. The number of hydrogen-bond acceptors (Lipinski definition) is 5. The van der Waals surface area contributed by atoms with Gasteiger partial charge in [0.2, 0.25) is 5.95 Å². The quantitative estimate of drug-likeness (QED) is 0.486. The Labute approximate surface area is 116 Å². The molecule has 2 rings (SSSR count). The zero-order chi connectivity index (χ0) is 13.0. The summed E-state index contributed by atoms with van der Waals surface area (Å²) in [6.07, 6.45) is 3.81. The standard InChI is InChI=1S/C13H19N3S2/c1-4-5-6-7-17-11-10-8-9(2)18-12(10)16-13(14-3)15-11/h8H,4-7H2,1-3H3,(H,14,15,16). The minimum absolute atomic E-state index is 0.724. The minimum Gasteiger partial charge on any atom is -0.357 e. The first-order valence-electron chi connectivity index (χ1n) is 6.33. The molecule has 3 nitrogen and oxygen atoms in total. The summed E-state index contributed by atoms with van der Waals surface area (Å²) in [6, 6.07) is 2.20. The molecule has 0 radical (unpaired) electrons. The largest absolute Gasteiger partial charge is 0.357 e. The predicted octanol–water partition coefficient (Wildman–Crippen LogP) is 4.32. The summed E-state index contributed by atoms with van der Waals surface area (Å²) in [5.74, 6) is 1.86. The van der Waals surface area contributed by atoms with Crippen LogP contribution in [0.3, 0.4) is 0 Å². The van der Waals surface area contributed by atoms with Gasteiger partial charge in [-0.25, -0.2) is 9.97 Å². The SMILES string of the molecule is CCCCCSc1nc(NC)nc2sc(C)cc12. The highest BCUT2D eigenvalue weighted by Crippen LogP contribution is 2.32. The van der Waals surface area contributed by atoms with E-state index in [0.29, 0.717) is 0 Å². The predicted molar refractivity (Wildman–Crippen MR) is 81.9 cm³/mol. The third kappa shape index (κ3) is 3.14. The van der Waals surface area contributed by atoms with Crippen LogP contribution in [0, 0.1) is 6.92 Å². The van der Waals surface area contributed by atoms with Crippen LogP contribution in [-0.4, -0.2) is 22.8 Å². The second-order valence-corrected chi connectivity index (χ2v) is 6.55. The molecule has 0 aromatic carbocycles. The fourth-order valence-corrected chi connectivity index (χ4v) is 3.71. The number of aryl methyl sites for hydroxylation is 1. The number of thioether (sulfide) groups is 1. The van der Waals surface area contributed by atoms with Crippen LogP contribution in [0.25, 0.3) is 10.2 Å². The average molecular weight is 281 g/mol.